The lowest BCUT2D eigenvalue weighted by Crippen LogP contribution is -2.54. The van der Waals surface area contributed by atoms with Crippen LogP contribution < -0.4 is 21.1 Å². The lowest BCUT2D eigenvalue weighted by molar-refractivity contribution is 0.0695. The van der Waals surface area contributed by atoms with Crippen LogP contribution in [0, 0.1) is 5.82 Å². The number of aromatic nitrogens is 2. The molecule has 5 rings (SSSR count). The van der Waals surface area contributed by atoms with E-state index in [1.807, 2.05) is 10.3 Å². The Morgan fingerprint density at radius 3 is 2.88 bits per heavy atom. The number of halogens is 1. The van der Waals surface area contributed by atoms with Gasteiger partial charge in [-0.1, -0.05) is 0 Å². The number of nitrogens with zero attached hydrogens (tertiary/aromatic N) is 4. The van der Waals surface area contributed by atoms with E-state index in [1.54, 1.807) is 17.5 Å². The fraction of sp³-hybridized carbons (Fsp3) is 0.409. The molecule has 0 saturated carbocycles. The second-order valence-electron chi connectivity index (χ2n) is 8.51. The number of thiazole rings is 1. The van der Waals surface area contributed by atoms with Crippen molar-refractivity contribution in [2.24, 2.45) is 0 Å². The van der Waals surface area contributed by atoms with Gasteiger partial charge in [-0.3, -0.25) is 14.4 Å². The van der Waals surface area contributed by atoms with E-state index < -0.39 is 22.8 Å². The van der Waals surface area contributed by atoms with Gasteiger partial charge < -0.3 is 25.9 Å². The van der Waals surface area contributed by atoms with Crippen LogP contribution in [0.15, 0.2) is 28.6 Å². The maximum absolute atomic E-state index is 15.3. The number of carbonyl (C=O) groups is 1. The summed E-state index contributed by atoms with van der Waals surface area (Å²) in [5.74, 6) is -2.55. The van der Waals surface area contributed by atoms with Crippen molar-refractivity contribution in [2.45, 2.75) is 24.9 Å². The highest BCUT2D eigenvalue weighted by molar-refractivity contribution is 7.13. The number of benzene rings is 1. The molecule has 180 valence electrons. The van der Waals surface area contributed by atoms with Gasteiger partial charge >= 0.3 is 5.97 Å². The maximum Gasteiger partial charge on any atom is 0.341 e. The van der Waals surface area contributed by atoms with Gasteiger partial charge in [-0.15, -0.1) is 11.3 Å². The van der Waals surface area contributed by atoms with Crippen LogP contribution in [-0.4, -0.2) is 76.1 Å². The van der Waals surface area contributed by atoms with E-state index in [-0.39, 0.29) is 28.4 Å². The Kier molecular flexibility index (Phi) is 5.78. The maximum atomic E-state index is 15.3. The van der Waals surface area contributed by atoms with Gasteiger partial charge in [-0.05, 0) is 18.9 Å². The number of hydrogen-bond donors (Lipinski definition) is 4. The third kappa shape index (κ3) is 3.72. The summed E-state index contributed by atoms with van der Waals surface area (Å²) >= 11 is 1.56. The molecule has 1 aromatic carbocycles. The Morgan fingerprint density at radius 1 is 1.35 bits per heavy atom. The molecule has 0 bridgehead atoms. The molecule has 2 unspecified atom stereocenters. The van der Waals surface area contributed by atoms with Gasteiger partial charge in [0.25, 0.3) is 0 Å². The number of carboxylic acids is 1. The minimum Gasteiger partial charge on any atom is -0.504 e. The first-order valence-electron chi connectivity index (χ1n) is 11.0. The lowest BCUT2D eigenvalue weighted by Gasteiger charge is -2.41. The van der Waals surface area contributed by atoms with E-state index in [4.69, 9.17) is 0 Å². The van der Waals surface area contributed by atoms with Crippen LogP contribution in [0.3, 0.4) is 0 Å². The average molecular weight is 489 g/mol. The van der Waals surface area contributed by atoms with Gasteiger partial charge in [0.2, 0.25) is 5.43 Å². The highest BCUT2D eigenvalue weighted by atomic mass is 32.1. The Balaban J connectivity index is 1.42. The molecule has 2 fully saturated rings. The first kappa shape index (κ1) is 22.4. The van der Waals surface area contributed by atoms with Crippen molar-refractivity contribution in [3.63, 3.8) is 0 Å². The molecule has 2 aromatic heterocycles. The molecule has 0 radical (unpaired) electrons. The number of phenols is 1. The van der Waals surface area contributed by atoms with Crippen molar-refractivity contribution in [3.05, 3.63) is 45.4 Å². The third-order valence-electron chi connectivity index (χ3n) is 6.73. The zero-order chi connectivity index (χ0) is 24.0. The summed E-state index contributed by atoms with van der Waals surface area (Å²) in [4.78, 5) is 32.6. The molecular weight excluding hydrogens is 463 g/mol. The summed E-state index contributed by atoms with van der Waals surface area (Å²) in [7, 11) is 1.52. The summed E-state index contributed by atoms with van der Waals surface area (Å²) in [6, 6.07) is 1.59. The minimum atomic E-state index is -1.42. The number of nitrogens with one attached hydrogen (secondary N) is 2. The van der Waals surface area contributed by atoms with Crippen LogP contribution in [0.25, 0.3) is 10.9 Å². The molecule has 2 aliphatic heterocycles. The topological polar surface area (TPSA) is 123 Å². The first-order chi connectivity index (χ1) is 16.4. The molecule has 2 aliphatic rings. The standard InChI is InChI=1S/C22H25FN6O4S/c1-24-29-11-15(21(32)33)19(30)14-8-16(23)18(20(31)17(14)29)27-5-6-28-12(2-3-13(28)10-27)9-26-22-25-4-7-34-22/h4,7-8,11-13,24,31H,2-3,5-6,9-10H2,1H3,(H,25,26)(H,32,33). The monoisotopic (exact) mass is 488 g/mol. The van der Waals surface area contributed by atoms with Crippen LogP contribution in [0.2, 0.25) is 0 Å². The molecule has 0 amide bonds. The normalized spacial score (nSPS) is 20.5. The van der Waals surface area contributed by atoms with Crippen LogP contribution in [0.5, 0.6) is 5.75 Å². The van der Waals surface area contributed by atoms with Crippen molar-refractivity contribution in [3.8, 4) is 5.75 Å². The Hall–Kier alpha value is -3.38. The molecule has 2 atom stereocenters. The number of aromatic hydroxyl groups is 1. The number of aromatic carboxylic acids is 1. The number of piperazine rings is 1. The number of fused-ring (bicyclic) bond motifs is 2. The Morgan fingerprint density at radius 2 is 2.18 bits per heavy atom. The number of carboxylic acid groups (broad SMARTS) is 1. The van der Waals surface area contributed by atoms with E-state index in [0.29, 0.717) is 25.7 Å². The fourth-order valence-corrected chi connectivity index (χ4v) is 5.70. The smallest absolute Gasteiger partial charge is 0.341 e. The van der Waals surface area contributed by atoms with Crippen molar-refractivity contribution < 1.29 is 19.4 Å². The molecule has 4 heterocycles. The summed E-state index contributed by atoms with van der Waals surface area (Å²) in [6.07, 6.45) is 4.84. The fourth-order valence-electron chi connectivity index (χ4n) is 5.16. The molecule has 2 saturated heterocycles. The van der Waals surface area contributed by atoms with Crippen LogP contribution in [0.4, 0.5) is 15.2 Å². The molecule has 4 N–H and O–H groups in total. The Bertz CT molecular complexity index is 1300. The van der Waals surface area contributed by atoms with E-state index in [9.17, 15) is 19.8 Å². The van der Waals surface area contributed by atoms with Crippen LogP contribution in [-0.2, 0) is 0 Å². The number of anilines is 2. The second-order valence-corrected chi connectivity index (χ2v) is 9.40. The van der Waals surface area contributed by atoms with Gasteiger partial charge in [0, 0.05) is 63.1 Å². The molecule has 0 aliphatic carbocycles. The van der Waals surface area contributed by atoms with Gasteiger partial charge in [0.15, 0.2) is 16.7 Å². The predicted molar refractivity (Wildman–Crippen MR) is 128 cm³/mol. The van der Waals surface area contributed by atoms with Gasteiger partial charge in [-0.2, -0.15) is 0 Å². The molecule has 34 heavy (non-hydrogen) atoms. The van der Waals surface area contributed by atoms with Crippen LogP contribution in [0.1, 0.15) is 23.2 Å². The number of pyridine rings is 1. The average Bonchev–Trinajstić information content (AvgIpc) is 3.47. The van der Waals surface area contributed by atoms with Crippen LogP contribution >= 0.6 is 11.3 Å². The van der Waals surface area contributed by atoms with E-state index in [0.717, 1.165) is 36.8 Å². The largest absolute Gasteiger partial charge is 0.504 e. The van der Waals surface area contributed by atoms with Crippen molar-refractivity contribution in [1.29, 1.82) is 0 Å². The van der Waals surface area contributed by atoms with Crippen molar-refractivity contribution in [2.75, 3.05) is 48.9 Å². The summed E-state index contributed by atoms with van der Waals surface area (Å²) in [5.41, 5.74) is 1.47. The zero-order valence-electron chi connectivity index (χ0n) is 18.5. The lowest BCUT2D eigenvalue weighted by atomic mass is 10.1. The molecule has 3 aromatic rings. The highest BCUT2D eigenvalue weighted by Crippen LogP contribution is 2.39. The summed E-state index contributed by atoms with van der Waals surface area (Å²) in [6.45, 7) is 2.56. The van der Waals surface area contributed by atoms with Crippen molar-refractivity contribution >= 4 is 39.0 Å². The van der Waals surface area contributed by atoms with E-state index in [1.165, 1.54) is 11.7 Å². The quantitative estimate of drug-likeness (QED) is 0.412. The number of rotatable bonds is 6. The summed E-state index contributed by atoms with van der Waals surface area (Å²) in [5, 5.41) is 26.4. The first-order valence-corrected chi connectivity index (χ1v) is 11.9. The Labute approximate surface area is 198 Å². The second kappa shape index (κ2) is 8.76. The van der Waals surface area contributed by atoms with Crippen molar-refractivity contribution in [1.82, 2.24) is 14.6 Å². The van der Waals surface area contributed by atoms with Gasteiger partial charge in [0.1, 0.15) is 16.8 Å². The number of phenolic OH excluding ortho intramolecular Hbond substituents is 1. The molecule has 10 nitrogen and oxygen atoms in total. The van der Waals surface area contributed by atoms with Gasteiger partial charge in [-0.25, -0.2) is 14.2 Å². The number of hydrogen-bond acceptors (Lipinski definition) is 9. The van der Waals surface area contributed by atoms with Gasteiger partial charge in [0.05, 0.1) is 5.39 Å². The molecule has 0 spiro atoms. The third-order valence-corrected chi connectivity index (χ3v) is 7.46. The molecule has 12 heteroatoms. The van der Waals surface area contributed by atoms with E-state index in [2.05, 4.69) is 20.6 Å². The zero-order valence-corrected chi connectivity index (χ0v) is 19.3. The molecular formula is C22H25FN6O4S. The minimum absolute atomic E-state index is 0.0305. The highest BCUT2D eigenvalue weighted by Gasteiger charge is 2.38. The predicted octanol–water partition coefficient (Wildman–Crippen LogP) is 1.94. The SMILES string of the molecule is CNn1cc(C(=O)O)c(=O)c2cc(F)c(N3CCN4C(CNc5nccs5)CCC4C3)c(O)c21. The summed E-state index contributed by atoms with van der Waals surface area (Å²) < 4.78 is 16.5. The van der Waals surface area contributed by atoms with E-state index >= 15 is 4.39 Å².